The Hall–Kier alpha value is -0.830. The molecule has 0 unspecified atom stereocenters. The van der Waals surface area contributed by atoms with Crippen molar-refractivity contribution >= 4 is 17.4 Å². The van der Waals surface area contributed by atoms with Crippen molar-refractivity contribution in [3.8, 4) is 0 Å². The zero-order valence-corrected chi connectivity index (χ0v) is 12.1. The quantitative estimate of drug-likeness (QED) is 0.829. The largest absolute Gasteiger partial charge is 0.366 e. The molecule has 1 aromatic rings. The van der Waals surface area contributed by atoms with Gasteiger partial charge < -0.3 is 5.32 Å². The second kappa shape index (κ2) is 4.34. The average molecular weight is 278 g/mol. The SMILES string of the molecule is Cc1c(Cl)nc(C2CC2)nc1NC(C1CC1)C1CC1. The summed E-state index contributed by atoms with van der Waals surface area (Å²) in [6.45, 7) is 2.03. The zero-order valence-electron chi connectivity index (χ0n) is 11.3. The maximum atomic E-state index is 6.27. The highest BCUT2D eigenvalue weighted by atomic mass is 35.5. The van der Waals surface area contributed by atoms with E-state index in [0.717, 1.165) is 29.0 Å². The summed E-state index contributed by atoms with van der Waals surface area (Å²) in [5.41, 5.74) is 1.01. The number of nitrogens with zero attached hydrogens (tertiary/aromatic N) is 2. The minimum atomic E-state index is 0.555. The first-order chi connectivity index (χ1) is 9.22. The molecule has 0 spiro atoms. The van der Waals surface area contributed by atoms with E-state index < -0.39 is 0 Å². The molecule has 0 radical (unpaired) electrons. The molecule has 1 aromatic heterocycles. The van der Waals surface area contributed by atoms with Crippen molar-refractivity contribution in [2.75, 3.05) is 5.32 Å². The van der Waals surface area contributed by atoms with Gasteiger partial charge in [-0.1, -0.05) is 11.6 Å². The van der Waals surface area contributed by atoms with Crippen LogP contribution in [0.25, 0.3) is 0 Å². The molecule has 4 rings (SSSR count). The highest BCUT2D eigenvalue weighted by molar-refractivity contribution is 6.30. The molecular weight excluding hydrogens is 258 g/mol. The number of rotatable bonds is 5. The molecule has 1 heterocycles. The molecule has 3 aliphatic rings. The highest BCUT2D eigenvalue weighted by Gasteiger charge is 2.42. The maximum absolute atomic E-state index is 6.27. The Bertz CT molecular complexity index is 492. The van der Waals surface area contributed by atoms with Gasteiger partial charge in [-0.15, -0.1) is 0 Å². The average Bonchev–Trinajstić information content (AvgIpc) is 3.28. The Kier molecular flexibility index (Phi) is 2.73. The predicted octanol–water partition coefficient (Wildman–Crippen LogP) is 3.92. The summed E-state index contributed by atoms with van der Waals surface area (Å²) in [5.74, 6) is 4.23. The molecule has 0 aromatic carbocycles. The lowest BCUT2D eigenvalue weighted by Gasteiger charge is -2.20. The van der Waals surface area contributed by atoms with Crippen molar-refractivity contribution in [3.05, 3.63) is 16.5 Å². The first kappa shape index (κ1) is 12.0. The lowest BCUT2D eigenvalue weighted by molar-refractivity contribution is 0.564. The van der Waals surface area contributed by atoms with E-state index >= 15 is 0 Å². The van der Waals surface area contributed by atoms with Crippen molar-refractivity contribution in [2.45, 2.75) is 57.4 Å². The summed E-state index contributed by atoms with van der Waals surface area (Å²) < 4.78 is 0. The summed E-state index contributed by atoms with van der Waals surface area (Å²) in [6, 6.07) is 0.622. The van der Waals surface area contributed by atoms with Crippen LogP contribution >= 0.6 is 11.6 Å². The standard InChI is InChI=1S/C15H20ClN3/c1-8-13(16)18-15(11-6-7-11)19-14(8)17-12(9-2-3-9)10-4-5-10/h9-12H,2-7H2,1H3,(H,17,18,19). The fourth-order valence-electron chi connectivity index (χ4n) is 2.86. The minimum absolute atomic E-state index is 0.555. The van der Waals surface area contributed by atoms with Gasteiger partial charge in [0.1, 0.15) is 16.8 Å². The molecule has 0 bridgehead atoms. The van der Waals surface area contributed by atoms with Crippen molar-refractivity contribution in [2.24, 2.45) is 11.8 Å². The fraction of sp³-hybridized carbons (Fsp3) is 0.733. The van der Waals surface area contributed by atoms with E-state index in [4.69, 9.17) is 16.6 Å². The zero-order chi connectivity index (χ0) is 13.0. The topological polar surface area (TPSA) is 37.8 Å². The van der Waals surface area contributed by atoms with Crippen LogP contribution in [0.3, 0.4) is 0 Å². The number of halogens is 1. The van der Waals surface area contributed by atoms with E-state index in [2.05, 4.69) is 10.3 Å². The Morgan fingerprint density at radius 2 is 1.68 bits per heavy atom. The lowest BCUT2D eigenvalue weighted by atomic mass is 10.1. The molecule has 102 valence electrons. The summed E-state index contributed by atoms with van der Waals surface area (Å²) in [6.07, 6.45) is 7.94. The summed E-state index contributed by atoms with van der Waals surface area (Å²) in [4.78, 5) is 9.19. The smallest absolute Gasteiger partial charge is 0.137 e. The third-order valence-corrected chi connectivity index (χ3v) is 4.98. The van der Waals surface area contributed by atoms with E-state index in [1.807, 2.05) is 6.92 Å². The van der Waals surface area contributed by atoms with Gasteiger partial charge in [0.05, 0.1) is 0 Å². The predicted molar refractivity (Wildman–Crippen MR) is 76.6 cm³/mol. The molecule has 19 heavy (non-hydrogen) atoms. The van der Waals surface area contributed by atoms with Gasteiger partial charge in [0, 0.05) is 17.5 Å². The van der Waals surface area contributed by atoms with Crippen LogP contribution in [-0.2, 0) is 0 Å². The first-order valence-electron chi connectivity index (χ1n) is 7.53. The van der Waals surface area contributed by atoms with Gasteiger partial charge in [0.15, 0.2) is 0 Å². The van der Waals surface area contributed by atoms with E-state index in [1.165, 1.54) is 38.5 Å². The van der Waals surface area contributed by atoms with Gasteiger partial charge in [-0.2, -0.15) is 0 Å². The van der Waals surface area contributed by atoms with Crippen LogP contribution < -0.4 is 5.32 Å². The monoisotopic (exact) mass is 277 g/mol. The highest BCUT2D eigenvalue weighted by Crippen LogP contribution is 2.46. The summed E-state index contributed by atoms with van der Waals surface area (Å²) in [5, 5.41) is 4.33. The molecule has 3 aliphatic carbocycles. The summed E-state index contributed by atoms with van der Waals surface area (Å²) in [7, 11) is 0. The Balaban J connectivity index is 1.61. The van der Waals surface area contributed by atoms with Gasteiger partial charge in [-0.3, -0.25) is 0 Å². The van der Waals surface area contributed by atoms with Crippen LogP contribution in [0.4, 0.5) is 5.82 Å². The van der Waals surface area contributed by atoms with Crippen molar-refractivity contribution < 1.29 is 0 Å². The molecule has 0 amide bonds. The van der Waals surface area contributed by atoms with Crippen LogP contribution in [0, 0.1) is 18.8 Å². The number of hydrogen-bond acceptors (Lipinski definition) is 3. The Morgan fingerprint density at radius 3 is 2.21 bits per heavy atom. The van der Waals surface area contributed by atoms with Crippen molar-refractivity contribution in [1.29, 1.82) is 0 Å². The van der Waals surface area contributed by atoms with Crippen molar-refractivity contribution in [3.63, 3.8) is 0 Å². The van der Waals surface area contributed by atoms with E-state index in [0.29, 0.717) is 17.1 Å². The number of hydrogen-bond donors (Lipinski definition) is 1. The second-order valence-corrected chi connectivity index (χ2v) is 6.82. The van der Waals surface area contributed by atoms with Crippen LogP contribution in [0.1, 0.15) is 55.8 Å². The van der Waals surface area contributed by atoms with Crippen molar-refractivity contribution in [1.82, 2.24) is 9.97 Å². The first-order valence-corrected chi connectivity index (χ1v) is 7.90. The molecule has 0 atom stereocenters. The fourth-order valence-corrected chi connectivity index (χ4v) is 3.04. The molecule has 3 nitrogen and oxygen atoms in total. The van der Waals surface area contributed by atoms with Crippen LogP contribution in [0.15, 0.2) is 0 Å². The molecule has 3 fully saturated rings. The lowest BCUT2D eigenvalue weighted by Crippen LogP contribution is -2.25. The van der Waals surface area contributed by atoms with Gasteiger partial charge in [-0.25, -0.2) is 9.97 Å². The molecular formula is C15H20ClN3. The molecule has 0 saturated heterocycles. The normalized spacial score (nSPS) is 22.9. The van der Waals surface area contributed by atoms with Gasteiger partial charge in [-0.05, 0) is 57.3 Å². The third-order valence-electron chi connectivity index (χ3n) is 4.61. The van der Waals surface area contributed by atoms with E-state index in [9.17, 15) is 0 Å². The molecule has 4 heteroatoms. The number of anilines is 1. The third kappa shape index (κ3) is 2.45. The molecule has 3 saturated carbocycles. The number of nitrogens with one attached hydrogen (secondary N) is 1. The van der Waals surface area contributed by atoms with Crippen LogP contribution in [0.2, 0.25) is 5.15 Å². The van der Waals surface area contributed by atoms with Gasteiger partial charge in [0.25, 0.3) is 0 Å². The number of aromatic nitrogens is 2. The molecule has 0 aliphatic heterocycles. The Morgan fingerprint density at radius 1 is 1.05 bits per heavy atom. The second-order valence-electron chi connectivity index (χ2n) is 6.47. The summed E-state index contributed by atoms with van der Waals surface area (Å²) >= 11 is 6.27. The van der Waals surface area contributed by atoms with E-state index in [1.54, 1.807) is 0 Å². The Labute approximate surface area is 119 Å². The van der Waals surface area contributed by atoms with E-state index in [-0.39, 0.29) is 0 Å². The maximum Gasteiger partial charge on any atom is 0.137 e. The van der Waals surface area contributed by atoms with Crippen LogP contribution in [0.5, 0.6) is 0 Å². The molecule has 1 N–H and O–H groups in total. The van der Waals surface area contributed by atoms with Crippen LogP contribution in [-0.4, -0.2) is 16.0 Å². The van der Waals surface area contributed by atoms with Gasteiger partial charge >= 0.3 is 0 Å². The minimum Gasteiger partial charge on any atom is -0.366 e. The van der Waals surface area contributed by atoms with Gasteiger partial charge in [0.2, 0.25) is 0 Å².